The van der Waals surface area contributed by atoms with Crippen molar-refractivity contribution in [3.63, 3.8) is 0 Å². The summed E-state index contributed by atoms with van der Waals surface area (Å²) in [6.45, 7) is 4.49. The molecule has 1 nitrogen and oxygen atoms in total. The minimum Gasteiger partial charge on any atom is -0.302 e. The minimum absolute atomic E-state index is 0.359. The van der Waals surface area contributed by atoms with Gasteiger partial charge in [0.25, 0.3) is 0 Å². The van der Waals surface area contributed by atoms with Crippen LogP contribution in [0, 0.1) is 0 Å². The van der Waals surface area contributed by atoms with Gasteiger partial charge in [0.15, 0.2) is 0 Å². The second-order valence-corrected chi connectivity index (χ2v) is 7.47. The lowest BCUT2D eigenvalue weighted by Crippen LogP contribution is -2.32. The van der Waals surface area contributed by atoms with Gasteiger partial charge in [0.05, 0.1) is 6.04 Å². The van der Waals surface area contributed by atoms with Gasteiger partial charge < -0.3 is 5.32 Å². The molecule has 1 atom stereocenters. The molecule has 2 aromatic rings. The van der Waals surface area contributed by atoms with E-state index in [1.54, 1.807) is 0 Å². The van der Waals surface area contributed by atoms with E-state index in [0.717, 1.165) is 0 Å². The maximum Gasteiger partial charge on any atom is 0.0767 e. The fourth-order valence-electron chi connectivity index (χ4n) is 1.84. The molecule has 4 heteroatoms. The van der Waals surface area contributed by atoms with Gasteiger partial charge in [-0.3, -0.25) is 0 Å². The number of rotatable bonds is 7. The van der Waals surface area contributed by atoms with Crippen molar-refractivity contribution in [1.82, 2.24) is 5.32 Å². The summed E-state index contributed by atoms with van der Waals surface area (Å²) in [7, 11) is 0. The molecule has 0 aliphatic heterocycles. The monoisotopic (exact) mass is 297 g/mol. The largest absolute Gasteiger partial charge is 0.302 e. The molecule has 2 rings (SSSR count). The summed E-state index contributed by atoms with van der Waals surface area (Å²) in [5.41, 5.74) is 0. The van der Waals surface area contributed by atoms with Crippen molar-refractivity contribution in [2.24, 2.45) is 0 Å². The van der Waals surface area contributed by atoms with Crippen LogP contribution in [0.1, 0.15) is 29.6 Å². The van der Waals surface area contributed by atoms with Crippen molar-refractivity contribution in [2.75, 3.05) is 11.5 Å². The third kappa shape index (κ3) is 3.85. The Bertz CT molecular complexity index is 388. The molecule has 0 spiro atoms. The van der Waals surface area contributed by atoms with E-state index >= 15 is 0 Å². The summed E-state index contributed by atoms with van der Waals surface area (Å²) >= 11 is 5.66. The van der Waals surface area contributed by atoms with Crippen molar-refractivity contribution in [3.8, 4) is 0 Å². The molecule has 98 valence electrons. The van der Waals surface area contributed by atoms with E-state index in [1.165, 1.54) is 21.3 Å². The van der Waals surface area contributed by atoms with Crippen LogP contribution in [0.2, 0.25) is 0 Å². The third-order valence-electron chi connectivity index (χ3n) is 2.68. The van der Waals surface area contributed by atoms with Crippen LogP contribution in [-0.4, -0.2) is 17.5 Å². The van der Waals surface area contributed by atoms with Crippen molar-refractivity contribution < 1.29 is 0 Å². The quantitative estimate of drug-likeness (QED) is 0.799. The van der Waals surface area contributed by atoms with Crippen LogP contribution in [0.4, 0.5) is 0 Å². The molecule has 0 radical (unpaired) electrons. The highest BCUT2D eigenvalue weighted by atomic mass is 32.2. The van der Waals surface area contributed by atoms with Crippen LogP contribution in [0.15, 0.2) is 35.0 Å². The number of thiophene rings is 2. The molecule has 2 heterocycles. The maximum atomic E-state index is 3.76. The predicted octanol–water partition coefficient (Wildman–Crippen LogP) is 4.63. The van der Waals surface area contributed by atoms with Crippen molar-refractivity contribution in [3.05, 3.63) is 44.8 Å². The molecule has 18 heavy (non-hydrogen) atoms. The lowest BCUT2D eigenvalue weighted by molar-refractivity contribution is 0.545. The highest BCUT2D eigenvalue weighted by molar-refractivity contribution is 7.99. The Kier molecular flexibility index (Phi) is 5.76. The molecular weight excluding hydrogens is 278 g/mol. The van der Waals surface area contributed by atoms with Gasteiger partial charge in [0.1, 0.15) is 0 Å². The van der Waals surface area contributed by atoms with E-state index in [4.69, 9.17) is 0 Å². The minimum atomic E-state index is 0.359. The molecule has 0 saturated carbocycles. The molecule has 0 amide bonds. The Morgan fingerprint density at radius 3 is 2.22 bits per heavy atom. The Morgan fingerprint density at radius 2 is 1.78 bits per heavy atom. The average Bonchev–Trinajstić information content (AvgIpc) is 3.05. The Hall–Kier alpha value is -0.290. The molecule has 2 aromatic heterocycles. The first-order chi connectivity index (χ1) is 8.81. The van der Waals surface area contributed by atoms with E-state index < -0.39 is 0 Å². The number of hydrogen-bond donors (Lipinski definition) is 1. The zero-order valence-electron chi connectivity index (χ0n) is 10.8. The SMILES string of the molecule is CCSCC(C)NC(c1cccs1)c1cccs1. The molecule has 0 aliphatic rings. The summed E-state index contributed by atoms with van der Waals surface area (Å²) in [5.74, 6) is 2.36. The van der Waals surface area contributed by atoms with Gasteiger partial charge in [-0.1, -0.05) is 19.1 Å². The Morgan fingerprint density at radius 1 is 1.17 bits per heavy atom. The summed E-state index contributed by atoms with van der Waals surface area (Å²) < 4.78 is 0. The van der Waals surface area contributed by atoms with E-state index in [9.17, 15) is 0 Å². The van der Waals surface area contributed by atoms with E-state index in [2.05, 4.69) is 54.2 Å². The van der Waals surface area contributed by atoms with Gasteiger partial charge in [-0.15, -0.1) is 22.7 Å². The smallest absolute Gasteiger partial charge is 0.0767 e. The summed E-state index contributed by atoms with van der Waals surface area (Å²) in [6.07, 6.45) is 0. The van der Waals surface area contributed by atoms with Gasteiger partial charge in [0.2, 0.25) is 0 Å². The van der Waals surface area contributed by atoms with Crippen LogP contribution < -0.4 is 5.32 Å². The van der Waals surface area contributed by atoms with Gasteiger partial charge in [-0.2, -0.15) is 11.8 Å². The van der Waals surface area contributed by atoms with Gasteiger partial charge in [0, 0.05) is 21.5 Å². The second kappa shape index (κ2) is 7.34. The standard InChI is InChI=1S/C14H19NS3/c1-3-16-10-11(2)15-14(12-6-4-8-17-12)13-7-5-9-18-13/h4-9,11,14-15H,3,10H2,1-2H3. The van der Waals surface area contributed by atoms with Crippen LogP contribution in [0.3, 0.4) is 0 Å². The highest BCUT2D eigenvalue weighted by Crippen LogP contribution is 2.29. The molecule has 1 N–H and O–H groups in total. The summed E-state index contributed by atoms with van der Waals surface area (Å²) in [6, 6.07) is 9.60. The molecule has 0 fully saturated rings. The molecule has 0 saturated heterocycles. The molecular formula is C14H19NS3. The zero-order chi connectivity index (χ0) is 12.8. The Balaban J connectivity index is 2.07. The van der Waals surface area contributed by atoms with Gasteiger partial charge in [-0.05, 0) is 35.6 Å². The van der Waals surface area contributed by atoms with Crippen molar-refractivity contribution in [1.29, 1.82) is 0 Å². The fraction of sp³-hybridized carbons (Fsp3) is 0.429. The van der Waals surface area contributed by atoms with Crippen LogP contribution in [0.25, 0.3) is 0 Å². The van der Waals surface area contributed by atoms with Crippen LogP contribution in [0.5, 0.6) is 0 Å². The van der Waals surface area contributed by atoms with Gasteiger partial charge in [-0.25, -0.2) is 0 Å². The topological polar surface area (TPSA) is 12.0 Å². The normalized spacial score (nSPS) is 13.1. The van der Waals surface area contributed by atoms with Crippen LogP contribution in [-0.2, 0) is 0 Å². The zero-order valence-corrected chi connectivity index (χ0v) is 13.2. The second-order valence-electron chi connectivity index (χ2n) is 4.19. The van der Waals surface area contributed by atoms with E-state index in [0.29, 0.717) is 12.1 Å². The first-order valence-corrected chi connectivity index (χ1v) is 9.13. The highest BCUT2D eigenvalue weighted by Gasteiger charge is 2.18. The first kappa shape index (κ1) is 14.1. The number of hydrogen-bond acceptors (Lipinski definition) is 4. The van der Waals surface area contributed by atoms with Crippen molar-refractivity contribution in [2.45, 2.75) is 25.9 Å². The number of thioether (sulfide) groups is 1. The van der Waals surface area contributed by atoms with Crippen LogP contribution >= 0.6 is 34.4 Å². The fourth-order valence-corrected chi connectivity index (χ4v) is 4.21. The number of nitrogens with one attached hydrogen (secondary N) is 1. The Labute approximate surface area is 122 Å². The molecule has 1 unspecified atom stereocenters. The van der Waals surface area contributed by atoms with E-state index in [-0.39, 0.29) is 0 Å². The van der Waals surface area contributed by atoms with E-state index in [1.807, 2.05) is 34.4 Å². The lowest BCUT2D eigenvalue weighted by Gasteiger charge is -2.21. The molecule has 0 bridgehead atoms. The van der Waals surface area contributed by atoms with Gasteiger partial charge >= 0.3 is 0 Å². The maximum absolute atomic E-state index is 3.76. The van der Waals surface area contributed by atoms with Crippen molar-refractivity contribution >= 4 is 34.4 Å². The molecule has 0 aromatic carbocycles. The third-order valence-corrected chi connectivity index (χ3v) is 5.70. The summed E-state index contributed by atoms with van der Waals surface area (Å²) in [4.78, 5) is 2.82. The molecule has 0 aliphatic carbocycles. The first-order valence-electron chi connectivity index (χ1n) is 6.22. The lowest BCUT2D eigenvalue weighted by atomic mass is 10.2. The predicted molar refractivity (Wildman–Crippen MR) is 86.1 cm³/mol. The summed E-state index contributed by atoms with van der Waals surface area (Å²) in [5, 5.41) is 8.07. The average molecular weight is 298 g/mol.